The van der Waals surface area contributed by atoms with Gasteiger partial charge in [-0.05, 0) is 48.2 Å². The Kier molecular flexibility index (Phi) is 7.24. The molecule has 6 heteroatoms. The van der Waals surface area contributed by atoms with E-state index in [-0.39, 0.29) is 29.9 Å². The zero-order valence-electron chi connectivity index (χ0n) is 17.4. The largest absolute Gasteiger partial charge is 0.352 e. The van der Waals surface area contributed by atoms with Gasteiger partial charge in [-0.15, -0.1) is 0 Å². The lowest BCUT2D eigenvalue weighted by molar-refractivity contribution is -0.121. The second kappa shape index (κ2) is 9.87. The van der Waals surface area contributed by atoms with Crippen LogP contribution in [0, 0.1) is 0 Å². The van der Waals surface area contributed by atoms with E-state index in [1.54, 1.807) is 25.1 Å². The highest BCUT2D eigenvalue weighted by Gasteiger charge is 2.25. The maximum atomic E-state index is 13.1. The Morgan fingerprint density at radius 2 is 1.63 bits per heavy atom. The molecule has 0 spiro atoms. The number of nitrogens with zero attached hydrogens (tertiary/aromatic N) is 1. The van der Waals surface area contributed by atoms with Crippen LogP contribution in [0.5, 0.6) is 0 Å². The molecule has 0 radical (unpaired) electrons. The number of rotatable bonds is 9. The molecule has 0 saturated carbocycles. The lowest BCUT2D eigenvalue weighted by Gasteiger charge is -2.22. The summed E-state index contributed by atoms with van der Waals surface area (Å²) in [7, 11) is -3.76. The van der Waals surface area contributed by atoms with Gasteiger partial charge in [-0.3, -0.25) is 4.79 Å². The Morgan fingerprint density at radius 3 is 2.33 bits per heavy atom. The van der Waals surface area contributed by atoms with Gasteiger partial charge in [0, 0.05) is 12.6 Å². The first kappa shape index (κ1) is 22.0. The maximum absolute atomic E-state index is 13.1. The number of amides is 1. The van der Waals surface area contributed by atoms with Gasteiger partial charge in [0.25, 0.3) is 0 Å². The predicted octanol–water partition coefficient (Wildman–Crippen LogP) is 3.99. The van der Waals surface area contributed by atoms with Crippen molar-refractivity contribution < 1.29 is 13.2 Å². The van der Waals surface area contributed by atoms with Gasteiger partial charge in [0.1, 0.15) is 0 Å². The fourth-order valence-corrected chi connectivity index (χ4v) is 4.87. The van der Waals surface area contributed by atoms with E-state index in [0.717, 1.165) is 23.6 Å². The quantitative estimate of drug-likeness (QED) is 0.565. The van der Waals surface area contributed by atoms with Crippen molar-refractivity contribution in [3.05, 3.63) is 78.4 Å². The summed E-state index contributed by atoms with van der Waals surface area (Å²) in [4.78, 5) is 12.7. The number of aryl methyl sites for hydroxylation is 1. The molecule has 0 aliphatic heterocycles. The van der Waals surface area contributed by atoms with E-state index in [1.165, 1.54) is 9.87 Å². The van der Waals surface area contributed by atoms with E-state index in [1.807, 2.05) is 49.4 Å². The molecule has 0 aliphatic carbocycles. The zero-order valence-corrected chi connectivity index (χ0v) is 18.2. The minimum atomic E-state index is -3.76. The fraction of sp³-hybridized carbons (Fsp3) is 0.292. The van der Waals surface area contributed by atoms with Crippen LogP contribution in [-0.4, -0.2) is 37.8 Å². The van der Waals surface area contributed by atoms with Crippen molar-refractivity contribution in [3.8, 4) is 0 Å². The van der Waals surface area contributed by atoms with Gasteiger partial charge >= 0.3 is 0 Å². The van der Waals surface area contributed by atoms with Crippen molar-refractivity contribution in [1.82, 2.24) is 9.62 Å². The fourth-order valence-electron chi connectivity index (χ4n) is 3.42. The maximum Gasteiger partial charge on any atom is 0.243 e. The average molecular weight is 425 g/mol. The molecule has 1 amide bonds. The molecule has 0 aliphatic rings. The minimum absolute atomic E-state index is 0.0419. The van der Waals surface area contributed by atoms with Crippen LogP contribution in [0.2, 0.25) is 0 Å². The highest BCUT2D eigenvalue weighted by molar-refractivity contribution is 7.89. The summed E-state index contributed by atoms with van der Waals surface area (Å²) in [5.74, 6) is -0.290. The van der Waals surface area contributed by atoms with E-state index in [9.17, 15) is 13.2 Å². The molecule has 0 unspecified atom stereocenters. The summed E-state index contributed by atoms with van der Waals surface area (Å²) >= 11 is 0. The number of hydrogen-bond acceptors (Lipinski definition) is 3. The van der Waals surface area contributed by atoms with Gasteiger partial charge in [-0.25, -0.2) is 8.42 Å². The normalized spacial score (nSPS) is 12.8. The van der Waals surface area contributed by atoms with Crippen LogP contribution in [0.1, 0.15) is 25.8 Å². The molecular formula is C24H28N2O3S. The number of hydrogen-bond donors (Lipinski definition) is 1. The van der Waals surface area contributed by atoms with E-state index in [0.29, 0.717) is 0 Å². The zero-order chi connectivity index (χ0) is 21.6. The molecule has 3 aromatic carbocycles. The standard InChI is InChI=1S/C24H28N2O3S/c1-3-26(18-24(27)25-19(2)13-14-20-9-5-4-6-10-20)30(28,29)23-16-15-21-11-7-8-12-22(21)17-23/h4-12,15-17,19H,3,13-14,18H2,1-2H3,(H,25,27)/t19-/m0/s1. The van der Waals surface area contributed by atoms with Crippen LogP contribution in [0.15, 0.2) is 77.7 Å². The Balaban J connectivity index is 1.63. The third-order valence-electron chi connectivity index (χ3n) is 5.15. The van der Waals surface area contributed by atoms with Gasteiger partial charge < -0.3 is 5.32 Å². The third-order valence-corrected chi connectivity index (χ3v) is 7.06. The van der Waals surface area contributed by atoms with Crippen LogP contribution in [0.3, 0.4) is 0 Å². The number of carbonyl (C=O) groups excluding carboxylic acids is 1. The molecular weight excluding hydrogens is 396 g/mol. The van der Waals surface area contributed by atoms with Crippen molar-refractivity contribution in [3.63, 3.8) is 0 Å². The van der Waals surface area contributed by atoms with Gasteiger partial charge in [-0.1, -0.05) is 67.6 Å². The summed E-state index contributed by atoms with van der Waals surface area (Å²) < 4.78 is 27.4. The molecule has 0 saturated heterocycles. The molecule has 158 valence electrons. The van der Waals surface area contributed by atoms with E-state index >= 15 is 0 Å². The molecule has 0 fully saturated rings. The Morgan fingerprint density at radius 1 is 0.967 bits per heavy atom. The van der Waals surface area contributed by atoms with E-state index < -0.39 is 10.0 Å². The number of likely N-dealkylation sites (N-methyl/N-ethyl adjacent to an activating group) is 1. The summed E-state index contributed by atoms with van der Waals surface area (Å²) in [5.41, 5.74) is 1.22. The molecule has 3 rings (SSSR count). The van der Waals surface area contributed by atoms with Crippen LogP contribution in [0.4, 0.5) is 0 Å². The Hall–Kier alpha value is -2.70. The molecule has 0 aromatic heterocycles. The van der Waals surface area contributed by atoms with Crippen molar-refractivity contribution in [2.24, 2.45) is 0 Å². The summed E-state index contributed by atoms with van der Waals surface area (Å²) in [6.07, 6.45) is 1.65. The summed E-state index contributed by atoms with van der Waals surface area (Å²) in [6.45, 7) is 3.71. The van der Waals surface area contributed by atoms with Crippen molar-refractivity contribution in [2.75, 3.05) is 13.1 Å². The number of sulfonamides is 1. The van der Waals surface area contributed by atoms with Gasteiger partial charge in [0.2, 0.25) is 15.9 Å². The lowest BCUT2D eigenvalue weighted by Crippen LogP contribution is -2.43. The Labute approximate surface area is 178 Å². The molecule has 0 bridgehead atoms. The van der Waals surface area contributed by atoms with Crippen LogP contribution in [0.25, 0.3) is 10.8 Å². The smallest absolute Gasteiger partial charge is 0.243 e. The molecule has 0 heterocycles. The topological polar surface area (TPSA) is 66.5 Å². The summed E-state index contributed by atoms with van der Waals surface area (Å²) in [6, 6.07) is 22.7. The molecule has 30 heavy (non-hydrogen) atoms. The lowest BCUT2D eigenvalue weighted by atomic mass is 10.1. The van der Waals surface area contributed by atoms with Gasteiger partial charge in [0.15, 0.2) is 0 Å². The van der Waals surface area contributed by atoms with Crippen molar-refractivity contribution in [1.29, 1.82) is 0 Å². The monoisotopic (exact) mass is 424 g/mol. The third kappa shape index (κ3) is 5.46. The van der Waals surface area contributed by atoms with E-state index in [4.69, 9.17) is 0 Å². The number of nitrogens with one attached hydrogen (secondary N) is 1. The van der Waals surface area contributed by atoms with E-state index in [2.05, 4.69) is 17.4 Å². The highest BCUT2D eigenvalue weighted by Crippen LogP contribution is 2.21. The first-order valence-electron chi connectivity index (χ1n) is 10.2. The molecule has 5 nitrogen and oxygen atoms in total. The minimum Gasteiger partial charge on any atom is -0.352 e. The van der Waals surface area contributed by atoms with Crippen molar-refractivity contribution >= 4 is 26.7 Å². The Bertz CT molecular complexity index is 1100. The highest BCUT2D eigenvalue weighted by atomic mass is 32.2. The number of benzene rings is 3. The van der Waals surface area contributed by atoms with Crippen LogP contribution < -0.4 is 5.32 Å². The summed E-state index contributed by atoms with van der Waals surface area (Å²) in [5, 5.41) is 4.75. The SMILES string of the molecule is CCN(CC(=O)N[C@@H](C)CCc1ccccc1)S(=O)(=O)c1ccc2ccccc2c1. The molecule has 3 aromatic rings. The van der Waals surface area contributed by atoms with Gasteiger partial charge in [0.05, 0.1) is 11.4 Å². The second-order valence-electron chi connectivity index (χ2n) is 7.43. The van der Waals surface area contributed by atoms with Crippen molar-refractivity contribution in [2.45, 2.75) is 37.6 Å². The molecule has 1 atom stereocenters. The average Bonchev–Trinajstić information content (AvgIpc) is 2.76. The van der Waals surface area contributed by atoms with Crippen LogP contribution >= 0.6 is 0 Å². The number of fused-ring (bicyclic) bond motifs is 1. The van der Waals surface area contributed by atoms with Crippen LogP contribution in [-0.2, 0) is 21.2 Å². The first-order valence-corrected chi connectivity index (χ1v) is 11.7. The second-order valence-corrected chi connectivity index (χ2v) is 9.37. The predicted molar refractivity (Wildman–Crippen MR) is 121 cm³/mol. The number of carbonyl (C=O) groups is 1. The molecule has 1 N–H and O–H groups in total. The first-order chi connectivity index (χ1) is 14.4. The van der Waals surface area contributed by atoms with Gasteiger partial charge in [-0.2, -0.15) is 4.31 Å².